The van der Waals surface area contributed by atoms with Crippen molar-refractivity contribution in [2.24, 2.45) is 4.40 Å². The monoisotopic (exact) mass is 450 g/mol. The number of aryl methyl sites for hydroxylation is 2. The lowest BCUT2D eigenvalue weighted by Crippen LogP contribution is -2.20. The van der Waals surface area contributed by atoms with Gasteiger partial charge in [-0.1, -0.05) is 18.2 Å². The van der Waals surface area contributed by atoms with Gasteiger partial charge in [-0.25, -0.2) is 0 Å². The minimum Gasteiger partial charge on any atom is -0.362 e. The SMILES string of the molecule is Cc1nc2ccccc2c(C)c1CC(=O)Nc1ccc(S(=O)(=O)/N=C2/CCCN2C)cc1. The highest BCUT2D eigenvalue weighted by Gasteiger charge is 2.20. The quantitative estimate of drug-likeness (QED) is 0.638. The second kappa shape index (κ2) is 8.70. The van der Waals surface area contributed by atoms with E-state index in [2.05, 4.69) is 14.7 Å². The number of hydrogen-bond donors (Lipinski definition) is 1. The van der Waals surface area contributed by atoms with E-state index < -0.39 is 10.0 Å². The van der Waals surface area contributed by atoms with Crippen LogP contribution in [0.2, 0.25) is 0 Å². The fourth-order valence-electron chi connectivity index (χ4n) is 4.01. The molecular weight excluding hydrogens is 424 g/mol. The van der Waals surface area contributed by atoms with Gasteiger partial charge in [-0.15, -0.1) is 4.40 Å². The van der Waals surface area contributed by atoms with E-state index in [9.17, 15) is 13.2 Å². The van der Waals surface area contributed by atoms with E-state index in [1.54, 1.807) is 12.1 Å². The number of likely N-dealkylation sites (tertiary alicyclic amines) is 1. The maximum absolute atomic E-state index is 12.7. The zero-order valence-corrected chi connectivity index (χ0v) is 19.2. The molecule has 0 bridgehead atoms. The molecule has 166 valence electrons. The van der Waals surface area contributed by atoms with E-state index in [4.69, 9.17) is 0 Å². The molecule has 32 heavy (non-hydrogen) atoms. The lowest BCUT2D eigenvalue weighted by atomic mass is 9.99. The molecule has 2 aromatic carbocycles. The van der Waals surface area contributed by atoms with Crippen molar-refractivity contribution >= 4 is 38.4 Å². The van der Waals surface area contributed by atoms with Crippen molar-refractivity contribution in [1.82, 2.24) is 9.88 Å². The fourth-order valence-corrected chi connectivity index (χ4v) is 5.10. The van der Waals surface area contributed by atoms with Gasteiger partial charge in [-0.2, -0.15) is 8.42 Å². The zero-order chi connectivity index (χ0) is 22.9. The van der Waals surface area contributed by atoms with Gasteiger partial charge in [0.2, 0.25) is 5.91 Å². The summed E-state index contributed by atoms with van der Waals surface area (Å²) in [4.78, 5) is 19.3. The molecule has 2 heterocycles. The van der Waals surface area contributed by atoms with E-state index in [0.717, 1.165) is 40.7 Å². The normalized spacial score (nSPS) is 15.5. The lowest BCUT2D eigenvalue weighted by molar-refractivity contribution is -0.115. The first-order valence-corrected chi connectivity index (χ1v) is 12.0. The first-order chi connectivity index (χ1) is 15.2. The van der Waals surface area contributed by atoms with Crippen molar-refractivity contribution < 1.29 is 13.2 Å². The fraction of sp³-hybridized carbons (Fsp3) is 0.292. The molecule has 0 atom stereocenters. The first-order valence-electron chi connectivity index (χ1n) is 10.5. The van der Waals surface area contributed by atoms with Crippen molar-refractivity contribution in [1.29, 1.82) is 0 Å². The van der Waals surface area contributed by atoms with Gasteiger partial charge in [0, 0.05) is 36.8 Å². The Kier molecular flexibility index (Phi) is 5.97. The number of benzene rings is 2. The largest absolute Gasteiger partial charge is 0.362 e. The van der Waals surface area contributed by atoms with Crippen LogP contribution in [-0.2, 0) is 21.2 Å². The Balaban J connectivity index is 1.48. The zero-order valence-electron chi connectivity index (χ0n) is 18.4. The summed E-state index contributed by atoms with van der Waals surface area (Å²) in [6, 6.07) is 14.0. The maximum atomic E-state index is 12.7. The molecule has 0 spiro atoms. The van der Waals surface area contributed by atoms with E-state index >= 15 is 0 Å². The van der Waals surface area contributed by atoms with Crippen LogP contribution in [0.3, 0.4) is 0 Å². The molecule has 1 aliphatic rings. The molecule has 0 aliphatic carbocycles. The standard InChI is InChI=1S/C24H26N4O3S/c1-16-20-7-4-5-8-22(20)25-17(2)21(16)15-24(29)26-18-10-12-19(13-11-18)32(30,31)27-23-9-6-14-28(23)3/h4-5,7-8,10-13H,6,9,14-15H2,1-3H3,(H,26,29)/b27-23-. The van der Waals surface area contributed by atoms with Crippen LogP contribution in [0.15, 0.2) is 57.8 Å². The van der Waals surface area contributed by atoms with Crippen LogP contribution in [0.1, 0.15) is 29.7 Å². The maximum Gasteiger partial charge on any atom is 0.283 e. The van der Waals surface area contributed by atoms with Crippen LogP contribution < -0.4 is 5.32 Å². The molecular formula is C24H26N4O3S. The number of amidine groups is 1. The number of pyridine rings is 1. The molecule has 3 aromatic rings. The number of sulfonamides is 1. The predicted molar refractivity (Wildman–Crippen MR) is 126 cm³/mol. The summed E-state index contributed by atoms with van der Waals surface area (Å²) < 4.78 is 29.1. The Morgan fingerprint density at radius 3 is 2.53 bits per heavy atom. The molecule has 1 fully saturated rings. The average Bonchev–Trinajstić information content (AvgIpc) is 3.15. The smallest absolute Gasteiger partial charge is 0.283 e. The third-order valence-electron chi connectivity index (χ3n) is 5.82. The molecule has 1 N–H and O–H groups in total. The number of carbonyl (C=O) groups excluding carboxylic acids is 1. The molecule has 0 radical (unpaired) electrons. The molecule has 1 aromatic heterocycles. The van der Waals surface area contributed by atoms with Crippen molar-refractivity contribution in [2.45, 2.75) is 38.0 Å². The number of anilines is 1. The van der Waals surface area contributed by atoms with Crippen molar-refractivity contribution in [3.63, 3.8) is 0 Å². The number of fused-ring (bicyclic) bond motifs is 1. The van der Waals surface area contributed by atoms with Gasteiger partial charge < -0.3 is 10.2 Å². The van der Waals surface area contributed by atoms with Gasteiger partial charge in [0.25, 0.3) is 10.0 Å². The highest BCUT2D eigenvalue weighted by molar-refractivity contribution is 7.90. The van der Waals surface area contributed by atoms with Crippen molar-refractivity contribution in [3.8, 4) is 0 Å². The highest BCUT2D eigenvalue weighted by atomic mass is 32.2. The highest BCUT2D eigenvalue weighted by Crippen LogP contribution is 2.24. The summed E-state index contributed by atoms with van der Waals surface area (Å²) in [7, 11) is -1.94. The minimum absolute atomic E-state index is 0.105. The molecule has 4 rings (SSSR count). The van der Waals surface area contributed by atoms with E-state index in [1.165, 1.54) is 12.1 Å². The van der Waals surface area contributed by atoms with E-state index in [0.29, 0.717) is 17.9 Å². The Morgan fingerprint density at radius 1 is 1.12 bits per heavy atom. The van der Waals surface area contributed by atoms with Gasteiger partial charge >= 0.3 is 0 Å². The lowest BCUT2D eigenvalue weighted by Gasteiger charge is -2.13. The van der Waals surface area contributed by atoms with Crippen LogP contribution in [-0.4, -0.2) is 43.6 Å². The number of rotatable bonds is 5. The topological polar surface area (TPSA) is 91.7 Å². The number of hydrogen-bond acceptors (Lipinski definition) is 4. The summed E-state index contributed by atoms with van der Waals surface area (Å²) in [5.41, 5.74) is 4.21. The number of amides is 1. The van der Waals surface area contributed by atoms with Gasteiger partial charge in [-0.05, 0) is 61.7 Å². The molecule has 1 amide bonds. The van der Waals surface area contributed by atoms with Crippen molar-refractivity contribution in [3.05, 3.63) is 65.4 Å². The Bertz CT molecular complexity index is 1320. The second-order valence-corrected chi connectivity index (χ2v) is 9.68. The number of aromatic nitrogens is 1. The van der Waals surface area contributed by atoms with Crippen LogP contribution in [0, 0.1) is 13.8 Å². The summed E-state index contributed by atoms with van der Waals surface area (Å²) in [5.74, 6) is 0.397. The minimum atomic E-state index is -3.78. The molecule has 0 unspecified atom stereocenters. The van der Waals surface area contributed by atoms with Crippen molar-refractivity contribution in [2.75, 3.05) is 18.9 Å². The van der Waals surface area contributed by atoms with Crippen LogP contribution >= 0.6 is 0 Å². The second-order valence-electron chi connectivity index (χ2n) is 8.07. The predicted octanol–water partition coefficient (Wildman–Crippen LogP) is 3.85. The van der Waals surface area contributed by atoms with Gasteiger partial charge in [0.05, 0.1) is 16.8 Å². The summed E-state index contributed by atoms with van der Waals surface area (Å²) in [6.45, 7) is 4.72. The Hall–Kier alpha value is -3.26. The molecule has 1 aliphatic heterocycles. The molecule has 8 heteroatoms. The molecule has 1 saturated heterocycles. The van der Waals surface area contributed by atoms with E-state index in [-0.39, 0.29) is 17.2 Å². The Labute approximate surface area is 188 Å². The third-order valence-corrected chi connectivity index (χ3v) is 7.14. The number of carbonyl (C=O) groups is 1. The summed E-state index contributed by atoms with van der Waals surface area (Å²) in [5, 5.41) is 3.88. The number of nitrogens with zero attached hydrogens (tertiary/aromatic N) is 3. The molecule has 7 nitrogen and oxygen atoms in total. The van der Waals surface area contributed by atoms with Gasteiger partial charge in [0.1, 0.15) is 5.84 Å². The van der Waals surface area contributed by atoms with E-state index in [1.807, 2.05) is 50.1 Å². The first kappa shape index (κ1) is 22.0. The third kappa shape index (κ3) is 4.50. The number of nitrogens with one attached hydrogen (secondary N) is 1. The average molecular weight is 451 g/mol. The van der Waals surface area contributed by atoms with Crippen LogP contribution in [0.4, 0.5) is 5.69 Å². The number of para-hydroxylation sites is 1. The molecule has 0 saturated carbocycles. The van der Waals surface area contributed by atoms with Gasteiger partial charge in [0.15, 0.2) is 0 Å². The summed E-state index contributed by atoms with van der Waals surface area (Å²) >= 11 is 0. The van der Waals surface area contributed by atoms with Gasteiger partial charge in [-0.3, -0.25) is 9.78 Å². The Morgan fingerprint density at radius 2 is 1.84 bits per heavy atom. The van der Waals surface area contributed by atoms with Crippen LogP contribution in [0.5, 0.6) is 0 Å². The summed E-state index contributed by atoms with van der Waals surface area (Å²) in [6.07, 6.45) is 1.75. The van der Waals surface area contributed by atoms with Crippen LogP contribution in [0.25, 0.3) is 10.9 Å².